The number of carbonyl (C=O) groups excluding carboxylic acids is 3. The smallest absolute Gasteiger partial charge is 0.306 e. The molecule has 0 aromatic heterocycles. The lowest BCUT2D eigenvalue weighted by Crippen LogP contribution is -2.30. The summed E-state index contributed by atoms with van der Waals surface area (Å²) >= 11 is 0. The van der Waals surface area contributed by atoms with E-state index < -0.39 is 6.10 Å². The van der Waals surface area contributed by atoms with Crippen LogP contribution in [0, 0.1) is 0 Å². The van der Waals surface area contributed by atoms with Gasteiger partial charge in [-0.05, 0) is 70.6 Å². The van der Waals surface area contributed by atoms with Gasteiger partial charge in [-0.1, -0.05) is 312 Å². The zero-order valence-corrected chi connectivity index (χ0v) is 49.8. The molecule has 75 heavy (non-hydrogen) atoms. The monoisotopic (exact) mass is 1050 g/mol. The van der Waals surface area contributed by atoms with Crippen LogP contribution < -0.4 is 0 Å². The fourth-order valence-electron chi connectivity index (χ4n) is 9.39. The van der Waals surface area contributed by atoms with Crippen LogP contribution in [0.1, 0.15) is 329 Å². The molecule has 0 rings (SSSR count). The number of allylic oxidation sites excluding steroid dienone is 12. The normalized spacial score (nSPS) is 12.5. The Morgan fingerprint density at radius 2 is 0.520 bits per heavy atom. The molecular weight excluding hydrogens is 925 g/mol. The molecular formula is C69H122O6. The Bertz CT molecular complexity index is 1390. The molecule has 0 aromatic carbocycles. The summed E-state index contributed by atoms with van der Waals surface area (Å²) in [6.45, 7) is 6.54. The average Bonchev–Trinajstić information content (AvgIpc) is 3.41. The zero-order valence-electron chi connectivity index (χ0n) is 49.8. The Labute approximate surface area is 465 Å². The summed E-state index contributed by atoms with van der Waals surface area (Å²) in [5.74, 6) is -0.892. The minimum absolute atomic E-state index is 0.0819. The number of carbonyl (C=O) groups is 3. The SMILES string of the molecule is CC/C=C\C/C=C\C/C=C\C/C=C\C/C=C\C/C=C\CCCCCCC(=O)OC(COC(=O)CCCCCCCCCCCC)COC(=O)CCCCCCCCCCCCCCCCCCCCCCCCCC. The number of hydrogen-bond acceptors (Lipinski definition) is 6. The van der Waals surface area contributed by atoms with Gasteiger partial charge in [-0.15, -0.1) is 0 Å². The molecule has 6 heteroatoms. The predicted molar refractivity (Wildman–Crippen MR) is 325 cm³/mol. The quantitative estimate of drug-likeness (QED) is 0.0261. The third-order valence-corrected chi connectivity index (χ3v) is 14.2. The summed E-state index contributed by atoms with van der Waals surface area (Å²) in [5.41, 5.74) is 0. The topological polar surface area (TPSA) is 78.9 Å². The van der Waals surface area contributed by atoms with Crippen molar-refractivity contribution >= 4 is 17.9 Å². The highest BCUT2D eigenvalue weighted by molar-refractivity contribution is 5.71. The second kappa shape index (κ2) is 63.4. The van der Waals surface area contributed by atoms with Gasteiger partial charge in [0.25, 0.3) is 0 Å². The van der Waals surface area contributed by atoms with Gasteiger partial charge in [-0.2, -0.15) is 0 Å². The van der Waals surface area contributed by atoms with E-state index in [-0.39, 0.29) is 31.1 Å². The van der Waals surface area contributed by atoms with Crippen molar-refractivity contribution in [3.8, 4) is 0 Å². The second-order valence-corrected chi connectivity index (χ2v) is 21.7. The van der Waals surface area contributed by atoms with E-state index in [1.165, 1.54) is 180 Å². The number of esters is 3. The van der Waals surface area contributed by atoms with E-state index >= 15 is 0 Å². The van der Waals surface area contributed by atoms with Gasteiger partial charge in [-0.25, -0.2) is 0 Å². The van der Waals surface area contributed by atoms with E-state index in [2.05, 4.69) is 93.7 Å². The first-order chi connectivity index (χ1) is 37.0. The first kappa shape index (κ1) is 71.8. The molecule has 0 bridgehead atoms. The summed E-state index contributed by atoms with van der Waals surface area (Å²) in [5, 5.41) is 0. The molecule has 0 saturated heterocycles. The van der Waals surface area contributed by atoms with Crippen molar-refractivity contribution in [3.05, 3.63) is 72.9 Å². The van der Waals surface area contributed by atoms with E-state index in [0.717, 1.165) is 109 Å². The average molecular weight is 1050 g/mol. The lowest BCUT2D eigenvalue weighted by Gasteiger charge is -2.18. The highest BCUT2D eigenvalue weighted by Crippen LogP contribution is 2.17. The summed E-state index contributed by atoms with van der Waals surface area (Å²) < 4.78 is 16.9. The van der Waals surface area contributed by atoms with E-state index in [9.17, 15) is 14.4 Å². The maximum absolute atomic E-state index is 12.9. The van der Waals surface area contributed by atoms with Crippen LogP contribution in [0.2, 0.25) is 0 Å². The van der Waals surface area contributed by atoms with Gasteiger partial charge in [0.05, 0.1) is 0 Å². The number of hydrogen-bond donors (Lipinski definition) is 0. The van der Waals surface area contributed by atoms with Crippen LogP contribution in [0.3, 0.4) is 0 Å². The van der Waals surface area contributed by atoms with Gasteiger partial charge in [0, 0.05) is 19.3 Å². The Morgan fingerprint density at radius 3 is 0.813 bits per heavy atom. The molecule has 1 unspecified atom stereocenters. The number of rotatable bonds is 59. The predicted octanol–water partition coefficient (Wildman–Crippen LogP) is 22.1. The molecule has 0 aromatic rings. The third kappa shape index (κ3) is 61.6. The van der Waals surface area contributed by atoms with Gasteiger partial charge in [0.15, 0.2) is 6.10 Å². The first-order valence-electron chi connectivity index (χ1n) is 32.4. The van der Waals surface area contributed by atoms with Crippen LogP contribution in [0.5, 0.6) is 0 Å². The van der Waals surface area contributed by atoms with Crippen molar-refractivity contribution in [2.75, 3.05) is 13.2 Å². The van der Waals surface area contributed by atoms with Crippen LogP contribution >= 0.6 is 0 Å². The maximum Gasteiger partial charge on any atom is 0.306 e. The molecule has 0 spiro atoms. The van der Waals surface area contributed by atoms with Gasteiger partial charge < -0.3 is 14.2 Å². The van der Waals surface area contributed by atoms with Crippen molar-refractivity contribution in [2.45, 2.75) is 335 Å². The highest BCUT2D eigenvalue weighted by atomic mass is 16.6. The summed E-state index contributed by atoms with van der Waals surface area (Å²) in [7, 11) is 0. The molecule has 0 heterocycles. The van der Waals surface area contributed by atoms with Gasteiger partial charge >= 0.3 is 17.9 Å². The van der Waals surface area contributed by atoms with Crippen LogP contribution in [-0.4, -0.2) is 37.2 Å². The lowest BCUT2D eigenvalue weighted by atomic mass is 10.0. The first-order valence-corrected chi connectivity index (χ1v) is 32.4. The molecule has 0 amide bonds. The Balaban J connectivity index is 4.27. The second-order valence-electron chi connectivity index (χ2n) is 21.7. The summed E-state index contributed by atoms with van der Waals surface area (Å²) in [4.78, 5) is 38.2. The van der Waals surface area contributed by atoms with Crippen molar-refractivity contribution in [3.63, 3.8) is 0 Å². The minimum Gasteiger partial charge on any atom is -0.462 e. The van der Waals surface area contributed by atoms with Crippen LogP contribution in [0.25, 0.3) is 0 Å². The van der Waals surface area contributed by atoms with Crippen LogP contribution in [0.15, 0.2) is 72.9 Å². The fourth-order valence-corrected chi connectivity index (χ4v) is 9.39. The van der Waals surface area contributed by atoms with Gasteiger partial charge in [0.2, 0.25) is 0 Å². The van der Waals surface area contributed by atoms with Gasteiger partial charge in [-0.3, -0.25) is 14.4 Å². The summed E-state index contributed by atoms with van der Waals surface area (Å²) in [6.07, 6.45) is 82.1. The molecule has 6 nitrogen and oxygen atoms in total. The van der Waals surface area contributed by atoms with Crippen LogP contribution in [-0.2, 0) is 28.6 Å². The summed E-state index contributed by atoms with van der Waals surface area (Å²) in [6, 6.07) is 0. The van der Waals surface area contributed by atoms with E-state index in [4.69, 9.17) is 14.2 Å². The molecule has 0 aliphatic rings. The van der Waals surface area contributed by atoms with Crippen molar-refractivity contribution in [1.29, 1.82) is 0 Å². The number of unbranched alkanes of at least 4 members (excludes halogenated alkanes) is 36. The van der Waals surface area contributed by atoms with E-state index in [1.807, 2.05) is 0 Å². The van der Waals surface area contributed by atoms with Gasteiger partial charge in [0.1, 0.15) is 13.2 Å². The van der Waals surface area contributed by atoms with Crippen LogP contribution in [0.4, 0.5) is 0 Å². The standard InChI is InChI=1S/C69H122O6/c1-4-7-10-13-16-19-22-24-26-28-30-32-34-36-37-39-41-43-45-47-50-53-56-59-62-68(71)74-65-66(64-73-67(70)61-58-55-52-49-21-18-15-12-9-6-3)75-69(72)63-60-57-54-51-48-46-44-42-40-38-35-33-31-29-27-25-23-20-17-14-11-8-5-2/h8,11,17,20,25,27,31,33,38,40,44,46,66H,4-7,9-10,12-16,18-19,21-24,26,28-30,32,34-37,39,41-43,45,47-65H2,1-3H3/b11-8-,20-17-,27-25-,33-31-,40-38-,46-44-. The van der Waals surface area contributed by atoms with Crippen molar-refractivity contribution < 1.29 is 28.6 Å². The van der Waals surface area contributed by atoms with E-state index in [1.54, 1.807) is 0 Å². The molecule has 0 radical (unpaired) electrons. The molecule has 434 valence electrons. The zero-order chi connectivity index (χ0) is 54.3. The van der Waals surface area contributed by atoms with Crippen molar-refractivity contribution in [2.24, 2.45) is 0 Å². The molecule has 0 aliphatic carbocycles. The Kier molecular flexibility index (Phi) is 60.7. The molecule has 0 N–H and O–H groups in total. The third-order valence-electron chi connectivity index (χ3n) is 14.2. The molecule has 0 saturated carbocycles. The highest BCUT2D eigenvalue weighted by Gasteiger charge is 2.19. The molecule has 0 aliphatic heterocycles. The maximum atomic E-state index is 12.9. The Hall–Kier alpha value is -3.15. The minimum atomic E-state index is -0.787. The Morgan fingerprint density at radius 1 is 0.280 bits per heavy atom. The largest absolute Gasteiger partial charge is 0.462 e. The lowest BCUT2D eigenvalue weighted by molar-refractivity contribution is -0.167. The fraction of sp³-hybridized carbons (Fsp3) is 0.783. The van der Waals surface area contributed by atoms with E-state index in [0.29, 0.717) is 19.3 Å². The molecule has 1 atom stereocenters. The molecule has 0 fully saturated rings. The number of ether oxygens (including phenoxy) is 3. The van der Waals surface area contributed by atoms with Crippen molar-refractivity contribution in [1.82, 2.24) is 0 Å².